The summed E-state index contributed by atoms with van der Waals surface area (Å²) >= 11 is 6.06. The monoisotopic (exact) mass is 524 g/mol. The summed E-state index contributed by atoms with van der Waals surface area (Å²) in [6.07, 6.45) is 6.11. The second-order valence-electron chi connectivity index (χ2n) is 10.1. The van der Waals surface area contributed by atoms with Gasteiger partial charge in [0.25, 0.3) is 5.91 Å². The quantitative estimate of drug-likeness (QED) is 0.461. The minimum absolute atomic E-state index is 0.109. The van der Waals surface area contributed by atoms with Crippen molar-refractivity contribution in [3.63, 3.8) is 0 Å². The Hall–Kier alpha value is -3.91. The molecule has 0 atom stereocenters. The number of rotatable bonds is 6. The molecule has 0 bridgehead atoms. The number of aromatic nitrogens is 4. The molecule has 1 aliphatic rings. The zero-order valence-corrected chi connectivity index (χ0v) is 21.7. The van der Waals surface area contributed by atoms with Gasteiger partial charge in [-0.1, -0.05) is 11.6 Å². The second-order valence-corrected chi connectivity index (χ2v) is 10.5. The van der Waals surface area contributed by atoms with Crippen molar-refractivity contribution >= 4 is 35.1 Å². The maximum absolute atomic E-state index is 12.4. The van der Waals surface area contributed by atoms with E-state index in [2.05, 4.69) is 21.4 Å². The van der Waals surface area contributed by atoms with Crippen LogP contribution in [0.25, 0.3) is 16.9 Å². The maximum atomic E-state index is 12.4. The fourth-order valence-electron chi connectivity index (χ4n) is 4.22. The van der Waals surface area contributed by atoms with Crippen LogP contribution >= 0.6 is 11.6 Å². The summed E-state index contributed by atoms with van der Waals surface area (Å²) in [5.74, 6) is -0.208. The molecule has 0 aromatic carbocycles. The number of nitrogens with zero attached hydrogens (tertiary/aromatic N) is 6. The predicted octanol–water partition coefficient (Wildman–Crippen LogP) is 3.89. The highest BCUT2D eigenvalue weighted by atomic mass is 35.5. The Morgan fingerprint density at radius 2 is 2.00 bits per heavy atom. The number of anilines is 1. The molecule has 0 aliphatic carbocycles. The van der Waals surface area contributed by atoms with Crippen LogP contribution in [0.2, 0.25) is 5.15 Å². The van der Waals surface area contributed by atoms with Crippen molar-refractivity contribution in [1.29, 1.82) is 5.26 Å². The van der Waals surface area contributed by atoms with Gasteiger partial charge in [-0.05, 0) is 52.2 Å². The smallest absolute Gasteiger partial charge is 0.410 e. The highest BCUT2D eigenvalue weighted by Crippen LogP contribution is 2.35. The summed E-state index contributed by atoms with van der Waals surface area (Å²) in [6, 6.07) is 5.93. The predicted molar refractivity (Wildman–Crippen MR) is 138 cm³/mol. The molecule has 37 heavy (non-hydrogen) atoms. The number of nitrogens with one attached hydrogen (secondary N) is 1. The topological polar surface area (TPSA) is 152 Å². The fourth-order valence-corrected chi connectivity index (χ4v) is 4.39. The van der Waals surface area contributed by atoms with Crippen LogP contribution in [0.4, 0.5) is 10.6 Å². The number of imidazole rings is 1. The number of nitrogens with two attached hydrogens (primary N) is 1. The molecule has 3 N–H and O–H groups in total. The number of nitriles is 1. The number of carbonyl (C=O) groups is 2. The van der Waals surface area contributed by atoms with Crippen LogP contribution in [0.1, 0.15) is 50.5 Å². The van der Waals surface area contributed by atoms with Crippen LogP contribution < -0.4 is 11.1 Å². The third-order valence-corrected chi connectivity index (χ3v) is 6.42. The number of pyridine rings is 1. The molecule has 194 valence electrons. The summed E-state index contributed by atoms with van der Waals surface area (Å²) in [5.41, 5.74) is 6.15. The van der Waals surface area contributed by atoms with E-state index in [4.69, 9.17) is 27.1 Å². The average Bonchev–Trinajstić information content (AvgIpc) is 3.28. The molecular formula is C25H29ClN8O3. The first-order valence-electron chi connectivity index (χ1n) is 11.9. The zero-order chi connectivity index (χ0) is 26.8. The van der Waals surface area contributed by atoms with Gasteiger partial charge >= 0.3 is 6.09 Å². The number of hydrogen-bond donors (Lipinski definition) is 2. The Balaban J connectivity index is 1.50. The molecule has 4 heterocycles. The van der Waals surface area contributed by atoms with E-state index in [9.17, 15) is 14.9 Å². The van der Waals surface area contributed by atoms with Crippen molar-refractivity contribution in [3.05, 3.63) is 41.6 Å². The molecule has 0 radical (unpaired) electrons. The molecule has 3 aromatic rings. The summed E-state index contributed by atoms with van der Waals surface area (Å²) in [5, 5.41) is 13.6. The summed E-state index contributed by atoms with van der Waals surface area (Å²) in [4.78, 5) is 38.8. The molecule has 11 nitrogen and oxygen atoms in total. The lowest BCUT2D eigenvalue weighted by atomic mass is 9.77. The first-order valence-corrected chi connectivity index (χ1v) is 12.3. The Kier molecular flexibility index (Phi) is 7.23. The van der Waals surface area contributed by atoms with Gasteiger partial charge in [-0.15, -0.1) is 0 Å². The second kappa shape index (κ2) is 10.2. The number of ether oxygens (including phenoxy) is 1. The van der Waals surface area contributed by atoms with Crippen LogP contribution in [-0.2, 0) is 4.74 Å². The average molecular weight is 525 g/mol. The first-order chi connectivity index (χ1) is 17.5. The van der Waals surface area contributed by atoms with Gasteiger partial charge in [-0.25, -0.2) is 19.7 Å². The summed E-state index contributed by atoms with van der Waals surface area (Å²) in [6.45, 7) is 6.82. The van der Waals surface area contributed by atoms with Crippen LogP contribution in [0, 0.1) is 16.7 Å². The van der Waals surface area contributed by atoms with Crippen molar-refractivity contribution in [2.24, 2.45) is 11.1 Å². The van der Waals surface area contributed by atoms with Gasteiger partial charge in [0.05, 0.1) is 17.2 Å². The number of primary amides is 1. The molecule has 1 fully saturated rings. The zero-order valence-electron chi connectivity index (χ0n) is 21.0. The van der Waals surface area contributed by atoms with E-state index in [1.165, 1.54) is 0 Å². The molecule has 3 aromatic heterocycles. The van der Waals surface area contributed by atoms with E-state index >= 15 is 0 Å². The highest BCUT2D eigenvalue weighted by molar-refractivity contribution is 6.29. The number of hydrogen-bond acceptors (Lipinski definition) is 8. The van der Waals surface area contributed by atoms with E-state index in [1.807, 2.05) is 20.8 Å². The molecule has 1 saturated heterocycles. The van der Waals surface area contributed by atoms with Crippen LogP contribution in [-0.4, -0.2) is 61.5 Å². The number of halogens is 1. The molecule has 4 rings (SSSR count). The molecule has 12 heteroatoms. The van der Waals surface area contributed by atoms with Gasteiger partial charge in [-0.2, -0.15) is 5.26 Å². The van der Waals surface area contributed by atoms with Gasteiger partial charge in [0, 0.05) is 43.8 Å². The normalized spacial score (nSPS) is 15.3. The van der Waals surface area contributed by atoms with Gasteiger partial charge in [0.1, 0.15) is 16.4 Å². The lowest BCUT2D eigenvalue weighted by Crippen LogP contribution is -2.45. The number of piperidine rings is 1. The molecule has 0 saturated carbocycles. The van der Waals surface area contributed by atoms with E-state index in [0.29, 0.717) is 61.2 Å². The van der Waals surface area contributed by atoms with Crippen molar-refractivity contribution < 1.29 is 14.3 Å². The van der Waals surface area contributed by atoms with Crippen LogP contribution in [0.3, 0.4) is 0 Å². The van der Waals surface area contributed by atoms with Crippen molar-refractivity contribution in [2.45, 2.75) is 45.6 Å². The van der Waals surface area contributed by atoms with E-state index < -0.39 is 16.9 Å². The third-order valence-electron chi connectivity index (χ3n) is 6.22. The van der Waals surface area contributed by atoms with Crippen LogP contribution in [0.5, 0.6) is 0 Å². The Morgan fingerprint density at radius 3 is 2.62 bits per heavy atom. The summed E-state index contributed by atoms with van der Waals surface area (Å²) in [7, 11) is 0. The maximum Gasteiger partial charge on any atom is 0.410 e. The molecule has 0 spiro atoms. The van der Waals surface area contributed by atoms with Gasteiger partial charge in [-0.3, -0.25) is 4.79 Å². The van der Waals surface area contributed by atoms with Crippen LogP contribution in [0.15, 0.2) is 30.7 Å². The molecule has 2 amide bonds. The Bertz CT molecular complexity index is 1370. The van der Waals surface area contributed by atoms with Crippen molar-refractivity contribution in [3.8, 4) is 17.3 Å². The number of amides is 2. The van der Waals surface area contributed by atoms with Gasteiger partial charge in [0.2, 0.25) is 0 Å². The highest BCUT2D eigenvalue weighted by Gasteiger charge is 2.37. The van der Waals surface area contributed by atoms with Gasteiger partial charge < -0.3 is 25.1 Å². The molecule has 1 aliphatic heterocycles. The standard InChI is InChI=1S/C25H29ClN8O3/c1-24(2,3)37-23(36)33-10-6-25(15-27,7-11-33)5-9-30-21-22-32-18(20(28)35)14-34(22)13-17(31-21)16-4-8-29-19(26)12-16/h4,8,12-14H,5-7,9-11H2,1-3H3,(H2,28,35)(H,30,31). The first kappa shape index (κ1) is 26.2. The number of fused-ring (bicyclic) bond motifs is 1. The minimum atomic E-state index is -0.650. The Morgan fingerprint density at radius 1 is 1.27 bits per heavy atom. The third kappa shape index (κ3) is 6.09. The molecular weight excluding hydrogens is 496 g/mol. The van der Waals surface area contributed by atoms with Gasteiger partial charge in [0.15, 0.2) is 11.5 Å². The number of likely N-dealkylation sites (tertiary alicyclic amines) is 1. The Labute approximate surface area is 219 Å². The van der Waals surface area contributed by atoms with Crippen molar-refractivity contribution in [2.75, 3.05) is 25.0 Å². The lowest BCUT2D eigenvalue weighted by Gasteiger charge is -2.37. The van der Waals surface area contributed by atoms with E-state index in [1.54, 1.807) is 40.0 Å². The van der Waals surface area contributed by atoms with Crippen molar-refractivity contribution in [1.82, 2.24) is 24.3 Å². The molecule has 0 unspecified atom stereocenters. The largest absolute Gasteiger partial charge is 0.444 e. The summed E-state index contributed by atoms with van der Waals surface area (Å²) < 4.78 is 7.14. The minimum Gasteiger partial charge on any atom is -0.444 e. The fraction of sp³-hybridized carbons (Fsp3) is 0.440. The van der Waals surface area contributed by atoms with E-state index in [0.717, 1.165) is 5.56 Å². The van der Waals surface area contributed by atoms with E-state index in [-0.39, 0.29) is 11.8 Å². The lowest BCUT2D eigenvalue weighted by molar-refractivity contribution is 0.0145. The SMILES string of the molecule is CC(C)(C)OC(=O)N1CCC(C#N)(CCNc2nc(-c3ccnc(Cl)c3)cn3cc(C(N)=O)nc23)CC1. The number of carbonyl (C=O) groups excluding carboxylic acids is 2.